The van der Waals surface area contributed by atoms with Crippen molar-refractivity contribution in [1.82, 2.24) is 14.9 Å². The summed E-state index contributed by atoms with van der Waals surface area (Å²) in [7, 11) is 0. The van der Waals surface area contributed by atoms with Crippen LogP contribution in [0.5, 0.6) is 0 Å². The highest BCUT2D eigenvalue weighted by molar-refractivity contribution is 7.18. The van der Waals surface area contributed by atoms with Crippen molar-refractivity contribution in [3.05, 3.63) is 58.9 Å². The number of rotatable bonds is 4. The molecule has 1 aliphatic heterocycles. The fourth-order valence-corrected chi connectivity index (χ4v) is 4.75. The van der Waals surface area contributed by atoms with E-state index in [9.17, 15) is 9.90 Å². The lowest BCUT2D eigenvalue weighted by atomic mass is 9.95. The molecule has 6 heteroatoms. The van der Waals surface area contributed by atoms with E-state index in [2.05, 4.69) is 28.9 Å². The molecule has 1 aromatic carbocycles. The minimum Gasteiger partial charge on any atom is -0.481 e. The number of carboxylic acids is 1. The largest absolute Gasteiger partial charge is 0.481 e. The molecule has 5 nitrogen and oxygen atoms in total. The number of aliphatic carboxylic acids is 1. The highest BCUT2D eigenvalue weighted by atomic mass is 32.1. The number of nitrogens with zero attached hydrogens (tertiary/aromatic N) is 3. The molecule has 0 saturated carbocycles. The van der Waals surface area contributed by atoms with Crippen molar-refractivity contribution in [3.63, 3.8) is 0 Å². The van der Waals surface area contributed by atoms with Crippen LogP contribution in [0, 0.1) is 12.8 Å². The number of aromatic nitrogens is 2. The molecule has 1 unspecified atom stereocenters. The standard InChI is InChI=1S/C20H21N3O2S/c1-13-5-4-10-21-17(13)18(23-11-8-14(9-12-23)20(24)25)19-22-15-6-2-3-7-16(15)26-19/h2-7,10,14,18H,8-9,11-12H2,1H3,(H,24,25). The van der Waals surface area contributed by atoms with Crippen LogP contribution in [-0.4, -0.2) is 39.0 Å². The first-order chi connectivity index (χ1) is 12.6. The van der Waals surface area contributed by atoms with Gasteiger partial charge in [-0.25, -0.2) is 4.98 Å². The first-order valence-corrected chi connectivity index (χ1v) is 9.69. The third-order valence-electron chi connectivity index (χ3n) is 5.10. The molecular weight excluding hydrogens is 346 g/mol. The van der Waals surface area contributed by atoms with Crippen LogP contribution < -0.4 is 0 Å². The van der Waals surface area contributed by atoms with Gasteiger partial charge in [-0.3, -0.25) is 14.7 Å². The molecule has 2 aromatic heterocycles. The molecule has 1 atom stereocenters. The zero-order valence-corrected chi connectivity index (χ0v) is 15.4. The van der Waals surface area contributed by atoms with E-state index < -0.39 is 5.97 Å². The number of piperidine rings is 1. The summed E-state index contributed by atoms with van der Waals surface area (Å²) in [4.78, 5) is 23.2. The van der Waals surface area contributed by atoms with Crippen molar-refractivity contribution in [2.24, 2.45) is 5.92 Å². The van der Waals surface area contributed by atoms with Crippen molar-refractivity contribution in [3.8, 4) is 0 Å². The maximum atomic E-state index is 11.3. The molecule has 3 heterocycles. The summed E-state index contributed by atoms with van der Waals surface area (Å²) in [6.45, 7) is 3.56. The van der Waals surface area contributed by atoms with Crippen molar-refractivity contribution < 1.29 is 9.90 Å². The Balaban J connectivity index is 1.73. The number of fused-ring (bicyclic) bond motifs is 1. The molecule has 3 aromatic rings. The fourth-order valence-electron chi connectivity index (χ4n) is 3.64. The Hall–Kier alpha value is -2.31. The van der Waals surface area contributed by atoms with Gasteiger partial charge in [0.15, 0.2) is 0 Å². The number of hydrogen-bond acceptors (Lipinski definition) is 5. The van der Waals surface area contributed by atoms with Crippen molar-refractivity contribution >= 4 is 27.5 Å². The second kappa shape index (κ2) is 7.13. The van der Waals surface area contributed by atoms with Crippen LogP contribution in [-0.2, 0) is 4.79 Å². The van der Waals surface area contributed by atoms with E-state index in [1.807, 2.05) is 30.5 Å². The van der Waals surface area contributed by atoms with E-state index in [1.165, 1.54) is 4.70 Å². The van der Waals surface area contributed by atoms with E-state index in [0.29, 0.717) is 12.8 Å². The minimum absolute atomic E-state index is 0.0247. The molecule has 4 rings (SSSR count). The van der Waals surface area contributed by atoms with Gasteiger partial charge in [-0.1, -0.05) is 18.2 Å². The third-order valence-corrected chi connectivity index (χ3v) is 6.19. The molecular formula is C20H21N3O2S. The van der Waals surface area contributed by atoms with Gasteiger partial charge >= 0.3 is 5.97 Å². The van der Waals surface area contributed by atoms with Crippen molar-refractivity contribution in [2.75, 3.05) is 13.1 Å². The highest BCUT2D eigenvalue weighted by Crippen LogP contribution is 2.36. The molecule has 0 amide bonds. The Bertz CT molecular complexity index is 898. The Morgan fingerprint density at radius 3 is 2.69 bits per heavy atom. The lowest BCUT2D eigenvalue weighted by molar-refractivity contribution is -0.143. The Kier molecular flexibility index (Phi) is 4.70. The van der Waals surface area contributed by atoms with Gasteiger partial charge in [0.25, 0.3) is 0 Å². The smallest absolute Gasteiger partial charge is 0.306 e. The monoisotopic (exact) mass is 367 g/mol. The van der Waals surface area contributed by atoms with Crippen LogP contribution in [0.4, 0.5) is 0 Å². The van der Waals surface area contributed by atoms with E-state index in [-0.39, 0.29) is 12.0 Å². The van der Waals surface area contributed by atoms with Crippen LogP contribution in [0.2, 0.25) is 0 Å². The van der Waals surface area contributed by atoms with E-state index in [4.69, 9.17) is 4.98 Å². The van der Waals surface area contributed by atoms with Gasteiger partial charge < -0.3 is 5.11 Å². The van der Waals surface area contributed by atoms with Crippen LogP contribution in [0.3, 0.4) is 0 Å². The molecule has 1 N–H and O–H groups in total. The average molecular weight is 367 g/mol. The minimum atomic E-state index is -0.685. The summed E-state index contributed by atoms with van der Waals surface area (Å²) < 4.78 is 1.17. The predicted octanol–water partition coefficient (Wildman–Crippen LogP) is 3.89. The van der Waals surface area contributed by atoms with E-state index >= 15 is 0 Å². The SMILES string of the molecule is Cc1cccnc1C(c1nc2ccccc2s1)N1CCC(C(=O)O)CC1. The maximum Gasteiger partial charge on any atom is 0.306 e. The summed E-state index contributed by atoms with van der Waals surface area (Å²) in [5, 5.41) is 10.3. The van der Waals surface area contributed by atoms with Crippen LogP contribution in [0.1, 0.15) is 35.1 Å². The Labute approximate surface area is 156 Å². The Morgan fingerprint density at radius 1 is 1.23 bits per heavy atom. The van der Waals surface area contributed by atoms with Crippen molar-refractivity contribution in [2.45, 2.75) is 25.8 Å². The number of hydrogen-bond donors (Lipinski definition) is 1. The number of aryl methyl sites for hydroxylation is 1. The topological polar surface area (TPSA) is 66.3 Å². The molecule has 0 aliphatic carbocycles. The second-order valence-corrected chi connectivity index (χ2v) is 7.84. The van der Waals surface area contributed by atoms with Gasteiger partial charge in [-0.15, -0.1) is 11.3 Å². The number of pyridine rings is 1. The molecule has 0 bridgehead atoms. The van der Waals surface area contributed by atoms with Crippen LogP contribution in [0.25, 0.3) is 10.2 Å². The van der Waals surface area contributed by atoms with Gasteiger partial charge in [0.1, 0.15) is 11.0 Å². The molecule has 1 saturated heterocycles. The van der Waals surface area contributed by atoms with Gasteiger partial charge in [0, 0.05) is 19.3 Å². The maximum absolute atomic E-state index is 11.3. The zero-order chi connectivity index (χ0) is 18.1. The summed E-state index contributed by atoms with van der Waals surface area (Å²) in [6, 6.07) is 12.2. The summed E-state index contributed by atoms with van der Waals surface area (Å²) in [5.41, 5.74) is 3.16. The molecule has 1 fully saturated rings. The summed E-state index contributed by atoms with van der Waals surface area (Å²) in [5.74, 6) is -0.928. The number of carboxylic acid groups (broad SMARTS) is 1. The summed E-state index contributed by atoms with van der Waals surface area (Å²) >= 11 is 1.70. The zero-order valence-electron chi connectivity index (χ0n) is 14.6. The van der Waals surface area contributed by atoms with E-state index in [0.717, 1.165) is 34.9 Å². The van der Waals surface area contributed by atoms with E-state index in [1.54, 1.807) is 11.3 Å². The van der Waals surface area contributed by atoms with Gasteiger partial charge in [0.2, 0.25) is 0 Å². The number of carbonyl (C=O) groups is 1. The summed E-state index contributed by atoms with van der Waals surface area (Å²) in [6.07, 6.45) is 3.16. The molecule has 0 radical (unpaired) electrons. The van der Waals surface area contributed by atoms with Crippen molar-refractivity contribution in [1.29, 1.82) is 0 Å². The second-order valence-electron chi connectivity index (χ2n) is 6.78. The van der Waals surface area contributed by atoms with Gasteiger partial charge in [-0.2, -0.15) is 0 Å². The Morgan fingerprint density at radius 2 is 2.00 bits per heavy atom. The molecule has 0 spiro atoms. The van der Waals surface area contributed by atoms with Crippen LogP contribution in [0.15, 0.2) is 42.6 Å². The van der Waals surface area contributed by atoms with Gasteiger partial charge in [0.05, 0.1) is 21.8 Å². The molecule has 1 aliphatic rings. The number of likely N-dealkylation sites (tertiary alicyclic amines) is 1. The first-order valence-electron chi connectivity index (χ1n) is 8.87. The number of thiazole rings is 1. The normalized spacial score (nSPS) is 17.4. The predicted molar refractivity (Wildman–Crippen MR) is 102 cm³/mol. The lowest BCUT2D eigenvalue weighted by Crippen LogP contribution is -2.39. The molecule has 134 valence electrons. The van der Waals surface area contributed by atoms with Crippen LogP contribution >= 0.6 is 11.3 Å². The fraction of sp³-hybridized carbons (Fsp3) is 0.350. The van der Waals surface area contributed by atoms with Gasteiger partial charge in [-0.05, 0) is 43.5 Å². The number of benzene rings is 1. The quantitative estimate of drug-likeness (QED) is 0.758. The highest BCUT2D eigenvalue weighted by Gasteiger charge is 2.33. The first kappa shape index (κ1) is 17.1. The molecule has 26 heavy (non-hydrogen) atoms. The third kappa shape index (κ3) is 3.22. The lowest BCUT2D eigenvalue weighted by Gasteiger charge is -2.35. The number of para-hydroxylation sites is 1. The average Bonchev–Trinajstić information content (AvgIpc) is 3.07.